The first-order valence-electron chi connectivity index (χ1n) is 3.25. The van der Waals surface area contributed by atoms with Crippen LogP contribution in [0.5, 0.6) is 0 Å². The van der Waals surface area contributed by atoms with E-state index in [9.17, 15) is 14.0 Å². The lowest BCUT2D eigenvalue weighted by atomic mass is 10.5. The zero-order valence-electron chi connectivity index (χ0n) is 6.21. The van der Waals surface area contributed by atoms with Crippen LogP contribution in [-0.4, -0.2) is 9.55 Å². The highest BCUT2D eigenvalue weighted by molar-refractivity contribution is 4.88. The molecule has 0 atom stereocenters. The average Bonchev–Trinajstić information content (AvgIpc) is 2.01. The minimum atomic E-state index is -1.000. The van der Waals surface area contributed by atoms with Gasteiger partial charge in [-0.05, 0) is 0 Å². The van der Waals surface area contributed by atoms with Crippen molar-refractivity contribution in [3.05, 3.63) is 45.5 Å². The number of halogens is 1. The second kappa shape index (κ2) is 3.17. The number of rotatable bonds is 2. The van der Waals surface area contributed by atoms with Crippen LogP contribution in [0.1, 0.15) is 0 Å². The molecule has 0 unspecified atom stereocenters. The number of aromatic amines is 1. The molecule has 0 aliphatic rings. The van der Waals surface area contributed by atoms with Gasteiger partial charge >= 0.3 is 5.69 Å². The second-order valence-electron chi connectivity index (χ2n) is 2.18. The lowest BCUT2D eigenvalue weighted by molar-refractivity contribution is 0.568. The van der Waals surface area contributed by atoms with Gasteiger partial charge in [0.15, 0.2) is 0 Å². The molecule has 5 heteroatoms. The van der Waals surface area contributed by atoms with Crippen molar-refractivity contribution < 1.29 is 4.39 Å². The normalized spacial score (nSPS) is 9.75. The van der Waals surface area contributed by atoms with Crippen LogP contribution in [0.2, 0.25) is 0 Å². The maximum atomic E-state index is 12.5. The number of nitrogens with zero attached hydrogens (tertiary/aromatic N) is 1. The molecule has 1 N–H and O–H groups in total. The van der Waals surface area contributed by atoms with Crippen LogP contribution in [0, 0.1) is 5.82 Å². The molecule has 0 bridgehead atoms. The molecule has 12 heavy (non-hydrogen) atoms. The molecular formula is C7H7FN2O2. The number of nitrogens with one attached hydrogen (secondary N) is 1. The molecule has 0 aliphatic carbocycles. The highest BCUT2D eigenvalue weighted by atomic mass is 19.1. The molecular weight excluding hydrogens is 163 g/mol. The molecule has 1 rings (SSSR count). The third kappa shape index (κ3) is 1.50. The van der Waals surface area contributed by atoms with Crippen LogP contribution in [0.15, 0.2) is 28.4 Å². The summed E-state index contributed by atoms with van der Waals surface area (Å²) in [5.41, 5.74) is -1.64. The molecule has 4 nitrogen and oxygen atoms in total. The third-order valence-electron chi connectivity index (χ3n) is 1.29. The van der Waals surface area contributed by atoms with E-state index in [0.717, 1.165) is 10.8 Å². The number of hydrogen-bond acceptors (Lipinski definition) is 2. The van der Waals surface area contributed by atoms with E-state index < -0.39 is 17.1 Å². The molecule has 0 saturated carbocycles. The topological polar surface area (TPSA) is 54.9 Å². The van der Waals surface area contributed by atoms with Crippen molar-refractivity contribution in [3.63, 3.8) is 0 Å². The van der Waals surface area contributed by atoms with Crippen LogP contribution in [0.25, 0.3) is 0 Å². The molecule has 64 valence electrons. The monoisotopic (exact) mass is 170 g/mol. The summed E-state index contributed by atoms with van der Waals surface area (Å²) in [5.74, 6) is -0.976. The van der Waals surface area contributed by atoms with Crippen molar-refractivity contribution in [2.24, 2.45) is 0 Å². The van der Waals surface area contributed by atoms with E-state index in [1.54, 1.807) is 0 Å². The molecule has 0 saturated heterocycles. The molecule has 0 amide bonds. The highest BCUT2D eigenvalue weighted by Crippen LogP contribution is 1.83. The molecule has 1 aromatic rings. The second-order valence-corrected chi connectivity index (χ2v) is 2.18. The van der Waals surface area contributed by atoms with E-state index in [1.807, 2.05) is 4.98 Å². The Hall–Kier alpha value is -1.65. The number of aromatic nitrogens is 2. The Morgan fingerprint density at radius 3 is 2.92 bits per heavy atom. The first-order valence-corrected chi connectivity index (χ1v) is 3.25. The van der Waals surface area contributed by atoms with Crippen LogP contribution >= 0.6 is 0 Å². The van der Waals surface area contributed by atoms with Gasteiger partial charge in [-0.25, -0.2) is 4.79 Å². The molecule has 0 aromatic carbocycles. The Kier molecular flexibility index (Phi) is 2.23. The minimum absolute atomic E-state index is 0.173. The Morgan fingerprint density at radius 1 is 1.67 bits per heavy atom. The van der Waals surface area contributed by atoms with Crippen molar-refractivity contribution in [1.82, 2.24) is 9.55 Å². The maximum Gasteiger partial charge on any atom is 0.328 e. The number of hydrogen-bond donors (Lipinski definition) is 1. The molecule has 1 heterocycles. The quantitative estimate of drug-likeness (QED) is 0.628. The molecule has 1 aromatic heterocycles. The average molecular weight is 170 g/mol. The van der Waals surface area contributed by atoms with Gasteiger partial charge in [0, 0.05) is 6.54 Å². The van der Waals surface area contributed by atoms with Crippen molar-refractivity contribution >= 4 is 0 Å². The zero-order chi connectivity index (χ0) is 9.14. The molecule has 0 spiro atoms. The van der Waals surface area contributed by atoms with Crippen LogP contribution in [0.4, 0.5) is 4.39 Å². The largest absolute Gasteiger partial charge is 0.328 e. The van der Waals surface area contributed by atoms with Gasteiger partial charge in [0.05, 0.1) is 6.20 Å². The Morgan fingerprint density at radius 2 is 2.33 bits per heavy atom. The van der Waals surface area contributed by atoms with E-state index in [-0.39, 0.29) is 6.54 Å². The van der Waals surface area contributed by atoms with Gasteiger partial charge in [0.1, 0.15) is 0 Å². The molecule has 0 fully saturated rings. The first kappa shape index (κ1) is 8.45. The van der Waals surface area contributed by atoms with Gasteiger partial charge in [-0.15, -0.1) is 6.58 Å². The highest BCUT2D eigenvalue weighted by Gasteiger charge is 2.00. The smallest absolute Gasteiger partial charge is 0.294 e. The fraction of sp³-hybridized carbons (Fsp3) is 0.143. The lowest BCUT2D eigenvalue weighted by Gasteiger charge is -1.98. The van der Waals surface area contributed by atoms with Gasteiger partial charge in [-0.3, -0.25) is 14.3 Å². The van der Waals surface area contributed by atoms with Gasteiger partial charge in [0.25, 0.3) is 5.56 Å². The summed E-state index contributed by atoms with van der Waals surface area (Å²) in [5, 5.41) is 0. The van der Waals surface area contributed by atoms with Crippen LogP contribution in [0.3, 0.4) is 0 Å². The minimum Gasteiger partial charge on any atom is -0.294 e. The van der Waals surface area contributed by atoms with Gasteiger partial charge in [-0.2, -0.15) is 4.39 Å². The van der Waals surface area contributed by atoms with Crippen LogP contribution in [-0.2, 0) is 6.54 Å². The first-order chi connectivity index (χ1) is 5.65. The fourth-order valence-electron chi connectivity index (χ4n) is 0.757. The van der Waals surface area contributed by atoms with E-state index in [1.165, 1.54) is 6.08 Å². The Bertz CT molecular complexity index is 405. The van der Waals surface area contributed by atoms with E-state index in [4.69, 9.17) is 0 Å². The Labute approximate surface area is 67.0 Å². The van der Waals surface area contributed by atoms with Gasteiger partial charge < -0.3 is 0 Å². The van der Waals surface area contributed by atoms with Gasteiger partial charge in [-0.1, -0.05) is 6.08 Å². The number of H-pyrrole nitrogens is 1. The molecule has 0 radical (unpaired) electrons. The van der Waals surface area contributed by atoms with Crippen molar-refractivity contribution in [3.8, 4) is 0 Å². The van der Waals surface area contributed by atoms with E-state index in [0.29, 0.717) is 0 Å². The van der Waals surface area contributed by atoms with Crippen molar-refractivity contribution in [1.29, 1.82) is 0 Å². The SMILES string of the molecule is C=CCn1cc(F)c(=O)[nH]c1=O. The predicted octanol–water partition coefficient (Wildman–Crippen LogP) is -0.138. The summed E-state index contributed by atoms with van der Waals surface area (Å²) in [7, 11) is 0. The van der Waals surface area contributed by atoms with Crippen molar-refractivity contribution in [2.45, 2.75) is 6.54 Å². The fourth-order valence-corrected chi connectivity index (χ4v) is 0.757. The van der Waals surface area contributed by atoms with E-state index >= 15 is 0 Å². The summed E-state index contributed by atoms with van der Waals surface area (Å²) >= 11 is 0. The standard InChI is InChI=1S/C7H7FN2O2/c1-2-3-10-4-5(8)6(11)9-7(10)12/h2,4H,1,3H2,(H,9,11,12). The lowest BCUT2D eigenvalue weighted by Crippen LogP contribution is -2.30. The summed E-state index contributed by atoms with van der Waals surface area (Å²) in [6.07, 6.45) is 2.28. The summed E-state index contributed by atoms with van der Waals surface area (Å²) in [4.78, 5) is 23.2. The summed E-state index contributed by atoms with van der Waals surface area (Å²) < 4.78 is 13.6. The third-order valence-corrected chi connectivity index (χ3v) is 1.29. The summed E-state index contributed by atoms with van der Waals surface area (Å²) in [6.45, 7) is 3.55. The van der Waals surface area contributed by atoms with Gasteiger partial charge in [0.2, 0.25) is 5.82 Å². The van der Waals surface area contributed by atoms with Crippen molar-refractivity contribution in [2.75, 3.05) is 0 Å². The predicted molar refractivity (Wildman–Crippen MR) is 41.5 cm³/mol. The summed E-state index contributed by atoms with van der Waals surface area (Å²) in [6, 6.07) is 0. The maximum absolute atomic E-state index is 12.5. The van der Waals surface area contributed by atoms with E-state index in [2.05, 4.69) is 6.58 Å². The Balaban J connectivity index is 3.32. The van der Waals surface area contributed by atoms with Crippen LogP contribution < -0.4 is 11.2 Å². The zero-order valence-corrected chi connectivity index (χ0v) is 6.21. The molecule has 0 aliphatic heterocycles. The number of allylic oxidation sites excluding steroid dienone is 1.